The Morgan fingerprint density at radius 3 is 2.65 bits per heavy atom. The maximum atomic E-state index is 12.1. The summed E-state index contributed by atoms with van der Waals surface area (Å²) >= 11 is 6.95. The summed E-state index contributed by atoms with van der Waals surface area (Å²) in [5.41, 5.74) is 5.77. The Kier molecular flexibility index (Phi) is 6.59. The van der Waals surface area contributed by atoms with Gasteiger partial charge in [-0.15, -0.1) is 11.8 Å². The summed E-state index contributed by atoms with van der Waals surface area (Å²) in [6.45, 7) is 1.82. The molecule has 136 valence electrons. The Balaban J connectivity index is 2.03. The number of halogens is 1. The van der Waals surface area contributed by atoms with E-state index in [9.17, 15) is 19.7 Å². The third-order valence-corrected chi connectivity index (χ3v) is 4.82. The molecule has 0 fully saturated rings. The fourth-order valence-electron chi connectivity index (χ4n) is 2.22. The molecule has 26 heavy (non-hydrogen) atoms. The second kappa shape index (κ2) is 8.68. The molecule has 0 bridgehead atoms. The SMILES string of the molecule is C[C@@H](NC(=O)CSc1ccc(C(N)=O)cc1[N+](=O)[O-])c1cccc(Cl)c1. The van der Waals surface area contributed by atoms with Gasteiger partial charge in [-0.2, -0.15) is 0 Å². The van der Waals surface area contributed by atoms with Crippen LogP contribution in [0.3, 0.4) is 0 Å². The van der Waals surface area contributed by atoms with Gasteiger partial charge in [-0.25, -0.2) is 0 Å². The van der Waals surface area contributed by atoms with Crippen LogP contribution in [0.2, 0.25) is 5.02 Å². The number of amides is 2. The van der Waals surface area contributed by atoms with Gasteiger partial charge in [0.2, 0.25) is 11.8 Å². The molecule has 0 saturated heterocycles. The van der Waals surface area contributed by atoms with E-state index >= 15 is 0 Å². The van der Waals surface area contributed by atoms with E-state index in [0.29, 0.717) is 5.02 Å². The first-order valence-corrected chi connectivity index (χ1v) is 8.90. The van der Waals surface area contributed by atoms with Crippen LogP contribution in [0.1, 0.15) is 28.9 Å². The van der Waals surface area contributed by atoms with Crippen LogP contribution < -0.4 is 11.1 Å². The van der Waals surface area contributed by atoms with Crippen molar-refractivity contribution in [3.8, 4) is 0 Å². The first-order chi connectivity index (χ1) is 12.3. The zero-order valence-electron chi connectivity index (χ0n) is 13.8. The fraction of sp³-hybridized carbons (Fsp3) is 0.176. The van der Waals surface area contributed by atoms with E-state index < -0.39 is 10.8 Å². The smallest absolute Gasteiger partial charge is 0.283 e. The van der Waals surface area contributed by atoms with E-state index in [4.69, 9.17) is 17.3 Å². The van der Waals surface area contributed by atoms with Crippen molar-refractivity contribution in [3.05, 3.63) is 68.7 Å². The lowest BCUT2D eigenvalue weighted by Crippen LogP contribution is -2.28. The Labute approximate surface area is 159 Å². The van der Waals surface area contributed by atoms with Gasteiger partial charge >= 0.3 is 0 Å². The highest BCUT2D eigenvalue weighted by Crippen LogP contribution is 2.30. The third-order valence-electron chi connectivity index (χ3n) is 3.53. The number of benzene rings is 2. The normalized spacial score (nSPS) is 11.6. The zero-order chi connectivity index (χ0) is 19.3. The van der Waals surface area contributed by atoms with E-state index in [-0.39, 0.29) is 33.8 Å². The molecule has 0 unspecified atom stereocenters. The van der Waals surface area contributed by atoms with E-state index in [0.717, 1.165) is 23.4 Å². The molecule has 7 nitrogen and oxygen atoms in total. The van der Waals surface area contributed by atoms with Crippen LogP contribution in [-0.2, 0) is 4.79 Å². The van der Waals surface area contributed by atoms with Gasteiger partial charge in [0.05, 0.1) is 21.6 Å². The Morgan fingerprint density at radius 2 is 2.04 bits per heavy atom. The van der Waals surface area contributed by atoms with Crippen LogP contribution in [0.15, 0.2) is 47.4 Å². The highest BCUT2D eigenvalue weighted by molar-refractivity contribution is 8.00. The van der Waals surface area contributed by atoms with Gasteiger partial charge in [-0.3, -0.25) is 19.7 Å². The molecule has 0 aliphatic rings. The number of hydrogen-bond donors (Lipinski definition) is 2. The summed E-state index contributed by atoms with van der Waals surface area (Å²) in [6.07, 6.45) is 0. The summed E-state index contributed by atoms with van der Waals surface area (Å²) in [7, 11) is 0. The Hall–Kier alpha value is -2.58. The molecule has 0 aliphatic carbocycles. The van der Waals surface area contributed by atoms with Crippen LogP contribution in [-0.4, -0.2) is 22.5 Å². The van der Waals surface area contributed by atoms with Crippen molar-refractivity contribution in [1.82, 2.24) is 5.32 Å². The molecule has 2 rings (SSSR count). The maximum Gasteiger partial charge on any atom is 0.283 e. The van der Waals surface area contributed by atoms with Crippen LogP contribution in [0.4, 0.5) is 5.69 Å². The average Bonchev–Trinajstić information content (AvgIpc) is 2.59. The number of rotatable bonds is 7. The first kappa shape index (κ1) is 19.7. The maximum absolute atomic E-state index is 12.1. The quantitative estimate of drug-likeness (QED) is 0.425. The number of nitrogens with two attached hydrogens (primary N) is 1. The van der Waals surface area contributed by atoms with Crippen molar-refractivity contribution in [3.63, 3.8) is 0 Å². The molecule has 0 saturated carbocycles. The van der Waals surface area contributed by atoms with E-state index in [1.54, 1.807) is 18.2 Å². The average molecular weight is 394 g/mol. The van der Waals surface area contributed by atoms with Crippen LogP contribution in [0, 0.1) is 10.1 Å². The number of nitro benzene ring substituents is 1. The number of carbonyl (C=O) groups excluding carboxylic acids is 2. The molecule has 0 spiro atoms. The molecule has 9 heteroatoms. The van der Waals surface area contributed by atoms with Gasteiger partial charge in [0.1, 0.15) is 0 Å². The van der Waals surface area contributed by atoms with Gasteiger partial charge in [0.25, 0.3) is 5.69 Å². The summed E-state index contributed by atoms with van der Waals surface area (Å²) in [4.78, 5) is 34.1. The lowest BCUT2D eigenvalue weighted by atomic mass is 10.1. The van der Waals surface area contributed by atoms with Gasteiger partial charge in [-0.1, -0.05) is 23.7 Å². The van der Waals surface area contributed by atoms with Crippen molar-refractivity contribution in [2.24, 2.45) is 5.73 Å². The number of nitro groups is 1. The van der Waals surface area contributed by atoms with Gasteiger partial charge in [0.15, 0.2) is 0 Å². The van der Waals surface area contributed by atoms with Crippen LogP contribution >= 0.6 is 23.4 Å². The van der Waals surface area contributed by atoms with E-state index in [2.05, 4.69) is 5.32 Å². The topological polar surface area (TPSA) is 115 Å². The number of carbonyl (C=O) groups is 2. The standard InChI is InChI=1S/C17H16ClN3O4S/c1-10(11-3-2-4-13(18)7-11)20-16(22)9-26-15-6-5-12(17(19)23)8-14(15)21(24)25/h2-8,10H,9H2,1H3,(H2,19,23)(H,20,22)/t10-/m1/s1. The number of nitrogens with zero attached hydrogens (tertiary/aromatic N) is 1. The summed E-state index contributed by atoms with van der Waals surface area (Å²) in [5, 5.41) is 14.5. The molecular formula is C17H16ClN3O4S. The fourth-order valence-corrected chi connectivity index (χ4v) is 3.24. The van der Waals surface area contributed by atoms with Crippen molar-refractivity contribution >= 4 is 40.9 Å². The van der Waals surface area contributed by atoms with Gasteiger partial charge in [-0.05, 0) is 36.8 Å². The lowest BCUT2D eigenvalue weighted by Gasteiger charge is -2.14. The van der Waals surface area contributed by atoms with Crippen molar-refractivity contribution in [2.45, 2.75) is 17.9 Å². The molecule has 2 aromatic carbocycles. The monoisotopic (exact) mass is 393 g/mol. The van der Waals surface area contributed by atoms with E-state index in [1.807, 2.05) is 13.0 Å². The predicted octanol–water partition coefficient (Wildman–Crippen LogP) is 3.32. The molecule has 3 N–H and O–H groups in total. The zero-order valence-corrected chi connectivity index (χ0v) is 15.3. The molecule has 0 aliphatic heterocycles. The highest BCUT2D eigenvalue weighted by Gasteiger charge is 2.18. The largest absolute Gasteiger partial charge is 0.366 e. The van der Waals surface area contributed by atoms with E-state index in [1.165, 1.54) is 12.1 Å². The number of hydrogen-bond acceptors (Lipinski definition) is 5. The summed E-state index contributed by atoms with van der Waals surface area (Å²) < 4.78 is 0. The second-order valence-electron chi connectivity index (χ2n) is 5.44. The van der Waals surface area contributed by atoms with Gasteiger partial charge < -0.3 is 11.1 Å². The number of thioether (sulfide) groups is 1. The van der Waals surface area contributed by atoms with Crippen LogP contribution in [0.5, 0.6) is 0 Å². The van der Waals surface area contributed by atoms with Crippen molar-refractivity contribution in [2.75, 3.05) is 5.75 Å². The number of primary amides is 1. The molecule has 2 aromatic rings. The third kappa shape index (κ3) is 5.21. The molecule has 1 atom stereocenters. The molecule has 0 aromatic heterocycles. The minimum Gasteiger partial charge on any atom is -0.366 e. The van der Waals surface area contributed by atoms with Crippen molar-refractivity contribution in [1.29, 1.82) is 0 Å². The molecule has 0 heterocycles. The first-order valence-electron chi connectivity index (χ1n) is 7.54. The minimum atomic E-state index is -0.752. The minimum absolute atomic E-state index is 0.0122. The predicted molar refractivity (Wildman–Crippen MR) is 100 cm³/mol. The summed E-state index contributed by atoms with van der Waals surface area (Å²) in [5.74, 6) is -1.05. The second-order valence-corrected chi connectivity index (χ2v) is 6.89. The number of nitrogens with one attached hydrogen (secondary N) is 1. The van der Waals surface area contributed by atoms with Crippen molar-refractivity contribution < 1.29 is 14.5 Å². The Morgan fingerprint density at radius 1 is 1.31 bits per heavy atom. The summed E-state index contributed by atoms with van der Waals surface area (Å²) in [6, 6.07) is 10.8. The Bertz CT molecular complexity index is 860. The van der Waals surface area contributed by atoms with Gasteiger partial charge in [0, 0.05) is 16.7 Å². The van der Waals surface area contributed by atoms with Crippen LogP contribution in [0.25, 0.3) is 0 Å². The lowest BCUT2D eigenvalue weighted by molar-refractivity contribution is -0.387. The molecule has 2 amide bonds. The molecular weight excluding hydrogens is 378 g/mol. The molecule has 0 radical (unpaired) electrons. The highest BCUT2D eigenvalue weighted by atomic mass is 35.5.